The van der Waals surface area contributed by atoms with Crippen LogP contribution in [0.1, 0.15) is 40.3 Å². The molecule has 0 radical (unpaired) electrons. The number of benzene rings is 1. The molecule has 2 aromatic heterocycles. The number of pyridine rings is 1. The molecule has 8 nitrogen and oxygen atoms in total. The Bertz CT molecular complexity index is 1220. The van der Waals surface area contributed by atoms with Crippen molar-refractivity contribution in [3.8, 4) is 5.82 Å². The lowest BCUT2D eigenvalue weighted by atomic mass is 10.0. The highest BCUT2D eigenvalue weighted by molar-refractivity contribution is 9.10. The average molecular weight is 485 g/mol. The molecule has 0 aliphatic rings. The Morgan fingerprint density at radius 1 is 1.26 bits per heavy atom. The van der Waals surface area contributed by atoms with Crippen molar-refractivity contribution in [1.82, 2.24) is 20.1 Å². The zero-order valence-corrected chi connectivity index (χ0v) is 18.5. The molecular formula is C21H18BrFN6O2. The summed E-state index contributed by atoms with van der Waals surface area (Å²) in [7, 11) is 0. The Kier molecular flexibility index (Phi) is 6.46. The number of rotatable bonds is 5. The summed E-state index contributed by atoms with van der Waals surface area (Å²) in [5, 5.41) is 9.57. The molecule has 3 rings (SSSR count). The van der Waals surface area contributed by atoms with Gasteiger partial charge in [0.25, 0.3) is 11.8 Å². The molecule has 0 unspecified atom stereocenters. The van der Waals surface area contributed by atoms with E-state index >= 15 is 0 Å². The van der Waals surface area contributed by atoms with Crippen molar-refractivity contribution in [1.29, 1.82) is 0 Å². The standard InChI is InChI=1S/C21H18BrFN6O2/c1-11(2)26-20(30)14-9-13(24-4)8-12(3)18(14)27-21(31)16-10-17(22)28-29(16)19-15(23)6-5-7-25-19/h5-11H,1-3H3,(H,26,30)(H,27,31). The summed E-state index contributed by atoms with van der Waals surface area (Å²) in [5.41, 5.74) is 1.22. The fraction of sp³-hybridized carbons (Fsp3) is 0.190. The number of aryl methyl sites for hydroxylation is 1. The van der Waals surface area contributed by atoms with E-state index in [2.05, 4.69) is 41.5 Å². The minimum Gasteiger partial charge on any atom is -0.350 e. The van der Waals surface area contributed by atoms with Crippen LogP contribution in [0, 0.1) is 19.3 Å². The van der Waals surface area contributed by atoms with Crippen LogP contribution in [-0.2, 0) is 0 Å². The second-order valence-corrected chi connectivity index (χ2v) is 7.76. The lowest BCUT2D eigenvalue weighted by molar-refractivity contribution is 0.0944. The largest absolute Gasteiger partial charge is 0.350 e. The number of halogens is 2. The second-order valence-electron chi connectivity index (χ2n) is 6.95. The SMILES string of the molecule is [C-]#[N+]c1cc(C)c(NC(=O)c2cc(Br)nn2-c2ncccc2F)c(C(=O)NC(C)C)c1. The maximum atomic E-state index is 14.2. The number of anilines is 1. The fourth-order valence-corrected chi connectivity index (χ4v) is 3.28. The predicted molar refractivity (Wildman–Crippen MR) is 117 cm³/mol. The van der Waals surface area contributed by atoms with Crippen molar-refractivity contribution in [2.75, 3.05) is 5.32 Å². The molecule has 10 heteroatoms. The quantitative estimate of drug-likeness (QED) is 0.524. The van der Waals surface area contributed by atoms with Crippen LogP contribution in [0.5, 0.6) is 0 Å². The molecule has 0 fully saturated rings. The van der Waals surface area contributed by atoms with Crippen LogP contribution < -0.4 is 10.6 Å². The monoisotopic (exact) mass is 484 g/mol. The summed E-state index contributed by atoms with van der Waals surface area (Å²) in [6.07, 6.45) is 1.39. The number of hydrogen-bond acceptors (Lipinski definition) is 4. The van der Waals surface area contributed by atoms with Gasteiger partial charge in [0, 0.05) is 18.3 Å². The third-order valence-electron chi connectivity index (χ3n) is 4.20. The summed E-state index contributed by atoms with van der Waals surface area (Å²) in [4.78, 5) is 33.1. The van der Waals surface area contributed by atoms with Gasteiger partial charge in [-0.05, 0) is 60.5 Å². The molecular weight excluding hydrogens is 467 g/mol. The third kappa shape index (κ3) is 4.78. The number of hydrogen-bond donors (Lipinski definition) is 2. The molecule has 31 heavy (non-hydrogen) atoms. The molecule has 0 atom stereocenters. The van der Waals surface area contributed by atoms with Crippen LogP contribution in [0.4, 0.5) is 15.8 Å². The minimum absolute atomic E-state index is 0.00773. The van der Waals surface area contributed by atoms with Crippen molar-refractivity contribution in [3.63, 3.8) is 0 Å². The van der Waals surface area contributed by atoms with Crippen molar-refractivity contribution in [3.05, 3.63) is 75.2 Å². The molecule has 0 spiro atoms. The molecule has 2 amide bonds. The number of carbonyl (C=O) groups is 2. The van der Waals surface area contributed by atoms with Crippen LogP contribution in [0.2, 0.25) is 0 Å². The number of amides is 2. The fourth-order valence-electron chi connectivity index (χ4n) is 2.90. The predicted octanol–water partition coefficient (Wildman–Crippen LogP) is 4.42. The molecule has 0 aliphatic carbocycles. The molecule has 0 saturated carbocycles. The number of nitrogens with zero attached hydrogens (tertiary/aromatic N) is 4. The number of aromatic nitrogens is 3. The van der Waals surface area contributed by atoms with Gasteiger partial charge >= 0.3 is 0 Å². The highest BCUT2D eigenvalue weighted by Gasteiger charge is 2.23. The lowest BCUT2D eigenvalue weighted by Crippen LogP contribution is -2.31. The highest BCUT2D eigenvalue weighted by Crippen LogP contribution is 2.28. The highest BCUT2D eigenvalue weighted by atomic mass is 79.9. The van der Waals surface area contributed by atoms with E-state index in [1.54, 1.807) is 26.8 Å². The molecule has 2 heterocycles. The van der Waals surface area contributed by atoms with Crippen LogP contribution in [0.15, 0.2) is 41.1 Å². The van der Waals surface area contributed by atoms with Crippen molar-refractivity contribution < 1.29 is 14.0 Å². The molecule has 3 aromatic rings. The molecule has 158 valence electrons. The van der Waals surface area contributed by atoms with Gasteiger partial charge in [0.1, 0.15) is 10.3 Å². The third-order valence-corrected chi connectivity index (χ3v) is 4.59. The van der Waals surface area contributed by atoms with Gasteiger partial charge in [-0.15, -0.1) is 0 Å². The van der Waals surface area contributed by atoms with E-state index in [0.29, 0.717) is 10.2 Å². The van der Waals surface area contributed by atoms with E-state index in [1.165, 1.54) is 30.5 Å². The maximum Gasteiger partial charge on any atom is 0.274 e. The van der Waals surface area contributed by atoms with E-state index in [4.69, 9.17) is 6.57 Å². The van der Waals surface area contributed by atoms with E-state index in [1.807, 2.05) is 0 Å². The first-order valence-corrected chi connectivity index (χ1v) is 10.0. The summed E-state index contributed by atoms with van der Waals surface area (Å²) in [6.45, 7) is 12.6. The lowest BCUT2D eigenvalue weighted by Gasteiger charge is -2.16. The van der Waals surface area contributed by atoms with Crippen LogP contribution in [0.25, 0.3) is 10.7 Å². The van der Waals surface area contributed by atoms with Crippen LogP contribution in [-0.4, -0.2) is 32.6 Å². The molecule has 1 aromatic carbocycles. The molecule has 2 N–H and O–H groups in total. The van der Waals surface area contributed by atoms with Gasteiger partial charge in [-0.2, -0.15) is 5.10 Å². The smallest absolute Gasteiger partial charge is 0.274 e. The van der Waals surface area contributed by atoms with Gasteiger partial charge in [-0.25, -0.2) is 18.9 Å². The van der Waals surface area contributed by atoms with Gasteiger partial charge < -0.3 is 10.6 Å². The Labute approximate surface area is 186 Å². The Balaban J connectivity index is 2.05. The van der Waals surface area contributed by atoms with Crippen LogP contribution >= 0.6 is 15.9 Å². The number of carbonyl (C=O) groups excluding carboxylic acids is 2. The minimum atomic E-state index is -0.651. The second kappa shape index (κ2) is 9.06. The van der Waals surface area contributed by atoms with Gasteiger partial charge in [0.05, 0.1) is 17.8 Å². The van der Waals surface area contributed by atoms with Crippen molar-refractivity contribution >= 4 is 39.1 Å². The Hall–Kier alpha value is -3.58. The Morgan fingerprint density at radius 3 is 2.65 bits per heavy atom. The summed E-state index contributed by atoms with van der Waals surface area (Å²) in [5.74, 6) is -1.84. The van der Waals surface area contributed by atoms with Gasteiger partial charge in [-0.1, -0.05) is 6.07 Å². The molecule has 0 saturated heterocycles. The van der Waals surface area contributed by atoms with E-state index in [-0.39, 0.29) is 34.5 Å². The first-order chi connectivity index (χ1) is 14.7. The van der Waals surface area contributed by atoms with Gasteiger partial charge in [0.15, 0.2) is 17.3 Å². The van der Waals surface area contributed by atoms with Crippen molar-refractivity contribution in [2.45, 2.75) is 26.8 Å². The first-order valence-electron chi connectivity index (χ1n) is 9.22. The van der Waals surface area contributed by atoms with Gasteiger partial charge in [-0.3, -0.25) is 9.59 Å². The molecule has 0 bridgehead atoms. The number of nitrogens with one attached hydrogen (secondary N) is 2. The zero-order valence-electron chi connectivity index (χ0n) is 16.9. The average Bonchev–Trinajstić information content (AvgIpc) is 3.10. The topological polar surface area (TPSA) is 93.3 Å². The Morgan fingerprint density at radius 2 is 2.00 bits per heavy atom. The van der Waals surface area contributed by atoms with Crippen molar-refractivity contribution in [2.24, 2.45) is 0 Å². The normalized spacial score (nSPS) is 10.6. The van der Waals surface area contributed by atoms with E-state index < -0.39 is 17.6 Å². The zero-order chi connectivity index (χ0) is 22.7. The van der Waals surface area contributed by atoms with Crippen LogP contribution in [0.3, 0.4) is 0 Å². The van der Waals surface area contributed by atoms with E-state index in [9.17, 15) is 14.0 Å². The molecule has 0 aliphatic heterocycles. The summed E-state index contributed by atoms with van der Waals surface area (Å²) >= 11 is 3.20. The van der Waals surface area contributed by atoms with E-state index in [0.717, 1.165) is 4.68 Å². The summed E-state index contributed by atoms with van der Waals surface area (Å²) < 4.78 is 15.6. The first kappa shape index (κ1) is 22.1. The maximum absolute atomic E-state index is 14.2. The van der Waals surface area contributed by atoms with Gasteiger partial charge in [0.2, 0.25) is 0 Å². The summed E-state index contributed by atoms with van der Waals surface area (Å²) in [6, 6.07) is 6.90.